The van der Waals surface area contributed by atoms with Crippen LogP contribution in [0.4, 0.5) is 4.79 Å². The third-order valence-corrected chi connectivity index (χ3v) is 4.87. The van der Waals surface area contributed by atoms with E-state index in [2.05, 4.69) is 10.6 Å². The quantitative estimate of drug-likeness (QED) is 0.725. The summed E-state index contributed by atoms with van der Waals surface area (Å²) in [6, 6.07) is 5.04. The number of nitrogens with zero attached hydrogens (tertiary/aromatic N) is 1. The van der Waals surface area contributed by atoms with Crippen LogP contribution in [-0.4, -0.2) is 35.6 Å². The molecule has 0 fully saturated rings. The highest BCUT2D eigenvalue weighted by molar-refractivity contribution is 7.09. The van der Waals surface area contributed by atoms with E-state index in [9.17, 15) is 14.4 Å². The second-order valence-corrected chi connectivity index (χ2v) is 6.77. The van der Waals surface area contributed by atoms with Gasteiger partial charge in [0, 0.05) is 29.4 Å². The van der Waals surface area contributed by atoms with Crippen molar-refractivity contribution < 1.29 is 19.1 Å². The SMILES string of the molecule is CCn1c(C)cc(C(=O)OCC(=O)NC(=O)NCCc2cccs2)c1C. The molecule has 7 nitrogen and oxygen atoms in total. The summed E-state index contributed by atoms with van der Waals surface area (Å²) in [7, 11) is 0. The van der Waals surface area contributed by atoms with Crippen LogP contribution >= 0.6 is 11.3 Å². The zero-order valence-electron chi connectivity index (χ0n) is 15.1. The van der Waals surface area contributed by atoms with Gasteiger partial charge in [-0.05, 0) is 44.7 Å². The molecule has 140 valence electrons. The largest absolute Gasteiger partial charge is 0.452 e. The summed E-state index contributed by atoms with van der Waals surface area (Å²) in [5.41, 5.74) is 2.17. The number of carbonyl (C=O) groups excluding carboxylic acids is 3. The summed E-state index contributed by atoms with van der Waals surface area (Å²) in [6.45, 7) is 6.38. The number of hydrogen-bond donors (Lipinski definition) is 2. The highest BCUT2D eigenvalue weighted by atomic mass is 32.1. The van der Waals surface area contributed by atoms with Gasteiger partial charge in [-0.25, -0.2) is 9.59 Å². The lowest BCUT2D eigenvalue weighted by atomic mass is 10.2. The average Bonchev–Trinajstić information content (AvgIpc) is 3.20. The van der Waals surface area contributed by atoms with Crippen LogP contribution in [0.15, 0.2) is 23.6 Å². The molecule has 0 aliphatic rings. The fourth-order valence-corrected chi connectivity index (χ4v) is 3.37. The number of urea groups is 1. The predicted molar refractivity (Wildman–Crippen MR) is 99.4 cm³/mol. The Balaban J connectivity index is 1.74. The Morgan fingerprint density at radius 2 is 2.04 bits per heavy atom. The molecule has 0 saturated carbocycles. The Kier molecular flexibility index (Phi) is 6.97. The first-order valence-corrected chi connectivity index (χ1v) is 9.24. The molecule has 0 aromatic carbocycles. The molecule has 0 radical (unpaired) electrons. The topological polar surface area (TPSA) is 89.4 Å². The van der Waals surface area contributed by atoms with Crippen LogP contribution in [0.1, 0.15) is 33.5 Å². The van der Waals surface area contributed by atoms with Crippen molar-refractivity contribution >= 4 is 29.2 Å². The number of esters is 1. The Morgan fingerprint density at radius 3 is 2.65 bits per heavy atom. The Morgan fingerprint density at radius 1 is 1.27 bits per heavy atom. The van der Waals surface area contributed by atoms with E-state index in [0.29, 0.717) is 18.5 Å². The van der Waals surface area contributed by atoms with Crippen molar-refractivity contribution in [3.8, 4) is 0 Å². The number of thiophene rings is 1. The lowest BCUT2D eigenvalue weighted by Crippen LogP contribution is -2.42. The third kappa shape index (κ3) is 5.19. The minimum atomic E-state index is -0.670. The molecule has 2 aromatic rings. The van der Waals surface area contributed by atoms with Gasteiger partial charge in [0.2, 0.25) is 0 Å². The summed E-state index contributed by atoms with van der Waals surface area (Å²) in [6.07, 6.45) is 0.696. The fraction of sp³-hybridized carbons (Fsp3) is 0.389. The molecule has 2 N–H and O–H groups in total. The van der Waals surface area contributed by atoms with E-state index in [4.69, 9.17) is 4.74 Å². The first-order chi connectivity index (χ1) is 12.4. The molecule has 0 atom stereocenters. The number of imide groups is 1. The molecule has 26 heavy (non-hydrogen) atoms. The molecule has 0 unspecified atom stereocenters. The second kappa shape index (κ2) is 9.19. The number of hydrogen-bond acceptors (Lipinski definition) is 5. The molecule has 0 aliphatic heterocycles. The van der Waals surface area contributed by atoms with Gasteiger partial charge < -0.3 is 14.6 Å². The van der Waals surface area contributed by atoms with Crippen LogP contribution in [0, 0.1) is 13.8 Å². The van der Waals surface area contributed by atoms with Crippen molar-refractivity contribution in [2.75, 3.05) is 13.2 Å². The zero-order valence-corrected chi connectivity index (χ0v) is 15.9. The van der Waals surface area contributed by atoms with E-state index in [1.54, 1.807) is 17.4 Å². The maximum absolute atomic E-state index is 12.1. The van der Waals surface area contributed by atoms with Crippen LogP contribution in [-0.2, 0) is 22.5 Å². The monoisotopic (exact) mass is 377 g/mol. The summed E-state index contributed by atoms with van der Waals surface area (Å²) in [4.78, 5) is 36.7. The van der Waals surface area contributed by atoms with Crippen LogP contribution in [0.25, 0.3) is 0 Å². The van der Waals surface area contributed by atoms with Crippen LogP contribution < -0.4 is 10.6 Å². The average molecular weight is 377 g/mol. The Bertz CT molecular complexity index is 781. The normalized spacial score (nSPS) is 10.4. The number of nitrogens with one attached hydrogen (secondary N) is 2. The number of aryl methyl sites for hydroxylation is 1. The van der Waals surface area contributed by atoms with Gasteiger partial charge in [0.25, 0.3) is 5.91 Å². The van der Waals surface area contributed by atoms with E-state index in [1.807, 2.05) is 42.9 Å². The van der Waals surface area contributed by atoms with E-state index in [-0.39, 0.29) is 0 Å². The number of amides is 3. The first kappa shape index (κ1) is 19.7. The van der Waals surface area contributed by atoms with Crippen molar-refractivity contribution in [2.45, 2.75) is 33.7 Å². The van der Waals surface area contributed by atoms with Gasteiger partial charge in [-0.3, -0.25) is 10.1 Å². The van der Waals surface area contributed by atoms with Gasteiger partial charge in [-0.1, -0.05) is 6.07 Å². The smallest absolute Gasteiger partial charge is 0.340 e. The standard InChI is InChI=1S/C18H23N3O4S/c1-4-21-12(2)10-15(13(21)3)17(23)25-11-16(22)20-18(24)19-8-7-14-6-5-9-26-14/h5-6,9-10H,4,7-8,11H2,1-3H3,(H2,19,20,22,24). The molecule has 0 bridgehead atoms. The van der Waals surface area contributed by atoms with E-state index >= 15 is 0 Å². The minimum absolute atomic E-state index is 0.419. The Hall–Kier alpha value is -2.61. The maximum atomic E-state index is 12.1. The molecular formula is C18H23N3O4S. The third-order valence-electron chi connectivity index (χ3n) is 3.93. The molecule has 2 aromatic heterocycles. The summed E-state index contributed by atoms with van der Waals surface area (Å²) in [5.74, 6) is -1.25. The highest BCUT2D eigenvalue weighted by Crippen LogP contribution is 2.15. The van der Waals surface area contributed by atoms with Crippen LogP contribution in [0.3, 0.4) is 0 Å². The molecular weight excluding hydrogens is 354 g/mol. The molecule has 8 heteroatoms. The van der Waals surface area contributed by atoms with Gasteiger partial charge in [-0.15, -0.1) is 11.3 Å². The summed E-state index contributed by atoms with van der Waals surface area (Å²) < 4.78 is 6.99. The number of carbonyl (C=O) groups is 3. The highest BCUT2D eigenvalue weighted by Gasteiger charge is 2.18. The molecule has 2 heterocycles. The van der Waals surface area contributed by atoms with Crippen molar-refractivity contribution in [1.82, 2.24) is 15.2 Å². The van der Waals surface area contributed by atoms with Gasteiger partial charge in [-0.2, -0.15) is 0 Å². The minimum Gasteiger partial charge on any atom is -0.452 e. The van der Waals surface area contributed by atoms with Crippen LogP contribution in [0.5, 0.6) is 0 Å². The fourth-order valence-electron chi connectivity index (χ4n) is 2.66. The first-order valence-electron chi connectivity index (χ1n) is 8.36. The van der Waals surface area contributed by atoms with Gasteiger partial charge in [0.1, 0.15) is 0 Å². The molecule has 0 aliphatic carbocycles. The van der Waals surface area contributed by atoms with Crippen molar-refractivity contribution in [3.05, 3.63) is 45.4 Å². The lowest BCUT2D eigenvalue weighted by molar-refractivity contribution is -0.123. The van der Waals surface area contributed by atoms with E-state index < -0.39 is 24.5 Å². The predicted octanol–water partition coefficient (Wildman–Crippen LogP) is 2.41. The second-order valence-electron chi connectivity index (χ2n) is 5.74. The van der Waals surface area contributed by atoms with Gasteiger partial charge >= 0.3 is 12.0 Å². The number of rotatable bonds is 7. The molecule has 2 rings (SSSR count). The van der Waals surface area contributed by atoms with Crippen molar-refractivity contribution in [3.63, 3.8) is 0 Å². The summed E-state index contributed by atoms with van der Waals surface area (Å²) >= 11 is 1.61. The molecule has 0 spiro atoms. The van der Waals surface area contributed by atoms with Gasteiger partial charge in [0.15, 0.2) is 6.61 Å². The summed E-state index contributed by atoms with van der Waals surface area (Å²) in [5, 5.41) is 6.70. The van der Waals surface area contributed by atoms with Gasteiger partial charge in [0.05, 0.1) is 5.56 Å². The van der Waals surface area contributed by atoms with E-state index in [0.717, 1.165) is 22.8 Å². The molecule has 3 amide bonds. The van der Waals surface area contributed by atoms with E-state index in [1.165, 1.54) is 0 Å². The van der Waals surface area contributed by atoms with Crippen molar-refractivity contribution in [1.29, 1.82) is 0 Å². The number of ether oxygens (including phenoxy) is 1. The Labute approximate surface area is 156 Å². The maximum Gasteiger partial charge on any atom is 0.340 e. The molecule has 0 saturated heterocycles. The van der Waals surface area contributed by atoms with Crippen molar-refractivity contribution in [2.24, 2.45) is 0 Å². The zero-order chi connectivity index (χ0) is 19.1. The lowest BCUT2D eigenvalue weighted by Gasteiger charge is -2.08. The number of aromatic nitrogens is 1. The van der Waals surface area contributed by atoms with Crippen LogP contribution in [0.2, 0.25) is 0 Å².